The quantitative estimate of drug-likeness (QED) is 0.456. The average Bonchev–Trinajstić information content (AvgIpc) is 3.87. The second kappa shape index (κ2) is 9.53. The van der Waals surface area contributed by atoms with E-state index in [2.05, 4.69) is 33.4 Å². The van der Waals surface area contributed by atoms with Crippen molar-refractivity contribution < 1.29 is 14.3 Å². The van der Waals surface area contributed by atoms with Crippen molar-refractivity contribution in [3.63, 3.8) is 0 Å². The predicted molar refractivity (Wildman–Crippen MR) is 155 cm³/mol. The Balaban J connectivity index is 1.08. The Morgan fingerprint density at radius 2 is 1.80 bits per heavy atom. The van der Waals surface area contributed by atoms with E-state index in [4.69, 9.17) is 14.7 Å². The van der Waals surface area contributed by atoms with Gasteiger partial charge in [-0.25, -0.2) is 14.8 Å². The lowest BCUT2D eigenvalue weighted by molar-refractivity contribution is 0.0502. The molecule has 0 unspecified atom stereocenters. The van der Waals surface area contributed by atoms with Crippen molar-refractivity contribution in [1.29, 1.82) is 0 Å². The summed E-state index contributed by atoms with van der Waals surface area (Å²) in [5.41, 5.74) is 5.63. The number of fused-ring (bicyclic) bond motifs is 2. The topological polar surface area (TPSA) is 101 Å². The predicted octanol–water partition coefficient (Wildman–Crippen LogP) is 5.34. The molecule has 4 heterocycles. The van der Waals surface area contributed by atoms with Crippen LogP contribution >= 0.6 is 0 Å². The molecular weight excluding hydrogens is 516 g/mol. The van der Waals surface area contributed by atoms with Gasteiger partial charge in [-0.2, -0.15) is 0 Å². The maximum absolute atomic E-state index is 13.5. The molecule has 2 saturated carbocycles. The van der Waals surface area contributed by atoms with Crippen LogP contribution in [0.2, 0.25) is 0 Å². The Hall–Kier alpha value is -4.01. The van der Waals surface area contributed by atoms with E-state index in [1.807, 2.05) is 56.4 Å². The molecular formula is C32H36N6O3. The van der Waals surface area contributed by atoms with Crippen molar-refractivity contribution >= 4 is 23.6 Å². The van der Waals surface area contributed by atoms with Gasteiger partial charge < -0.3 is 19.9 Å². The molecule has 3 aromatic rings. The van der Waals surface area contributed by atoms with Crippen LogP contribution in [-0.4, -0.2) is 63.1 Å². The highest BCUT2D eigenvalue weighted by Crippen LogP contribution is 2.57. The number of carbonyl (C=O) groups is 2. The van der Waals surface area contributed by atoms with Gasteiger partial charge in [0.05, 0.1) is 11.7 Å². The molecule has 41 heavy (non-hydrogen) atoms. The zero-order chi connectivity index (χ0) is 28.4. The van der Waals surface area contributed by atoms with E-state index in [-0.39, 0.29) is 17.4 Å². The number of aromatic nitrogens is 3. The van der Waals surface area contributed by atoms with E-state index in [9.17, 15) is 9.59 Å². The highest BCUT2D eigenvalue weighted by atomic mass is 16.6. The first-order chi connectivity index (χ1) is 19.7. The zero-order valence-corrected chi connectivity index (χ0v) is 23.9. The fraction of sp³-hybridized carbons (Fsp3) is 0.469. The number of hydrogen-bond donors (Lipinski definition) is 1. The normalized spacial score (nSPS) is 20.7. The molecule has 2 aliphatic carbocycles. The molecule has 1 atom stereocenters. The van der Waals surface area contributed by atoms with Gasteiger partial charge in [-0.15, -0.1) is 0 Å². The summed E-state index contributed by atoms with van der Waals surface area (Å²) in [7, 11) is 0. The summed E-state index contributed by atoms with van der Waals surface area (Å²) in [6.07, 6.45) is 10.6. The highest BCUT2D eigenvalue weighted by Gasteiger charge is 2.52. The largest absolute Gasteiger partial charge is 0.444 e. The van der Waals surface area contributed by atoms with E-state index in [0.717, 1.165) is 36.3 Å². The summed E-state index contributed by atoms with van der Waals surface area (Å²) in [6.45, 7) is 7.38. The summed E-state index contributed by atoms with van der Waals surface area (Å²) in [5, 5.41) is 2.90. The van der Waals surface area contributed by atoms with E-state index < -0.39 is 11.7 Å². The molecule has 1 spiro atoms. The number of benzene rings is 1. The maximum Gasteiger partial charge on any atom is 0.407 e. The molecule has 1 aromatic carbocycles. The number of nitrogens with zero attached hydrogens (tertiary/aromatic N) is 5. The first-order valence-electron chi connectivity index (χ1n) is 14.7. The van der Waals surface area contributed by atoms with Gasteiger partial charge in [-0.05, 0) is 94.2 Å². The Morgan fingerprint density at radius 1 is 1.02 bits per heavy atom. The Kier molecular flexibility index (Phi) is 6.03. The van der Waals surface area contributed by atoms with Crippen LogP contribution in [0.5, 0.6) is 0 Å². The molecule has 0 radical (unpaired) electrons. The molecule has 9 heteroatoms. The van der Waals surface area contributed by atoms with Gasteiger partial charge in [-0.3, -0.25) is 9.78 Å². The van der Waals surface area contributed by atoms with Crippen molar-refractivity contribution in [2.75, 3.05) is 24.5 Å². The van der Waals surface area contributed by atoms with Crippen molar-refractivity contribution in [3.05, 3.63) is 65.6 Å². The number of alkyl carbamates (subject to hydrolysis) is 1. The van der Waals surface area contributed by atoms with Crippen molar-refractivity contribution in [2.45, 2.75) is 75.9 Å². The van der Waals surface area contributed by atoms with Crippen molar-refractivity contribution in [1.82, 2.24) is 25.2 Å². The lowest BCUT2D eigenvalue weighted by atomic mass is 9.97. The van der Waals surface area contributed by atoms with Crippen LogP contribution in [0.25, 0.3) is 11.3 Å². The van der Waals surface area contributed by atoms with E-state index in [0.29, 0.717) is 36.9 Å². The number of rotatable bonds is 5. The lowest BCUT2D eigenvalue weighted by Crippen LogP contribution is -2.41. The second-order valence-corrected chi connectivity index (χ2v) is 13.0. The molecule has 7 rings (SSSR count). The SMILES string of the molecule is CC(C)(C)OC(=O)N[C@@H]1CCN(C(=O)c2ccc3c(c2)N(c2ncc(-c4cc(C5CC5)ccn4)cn2)CC32CC2)C1. The summed E-state index contributed by atoms with van der Waals surface area (Å²) in [4.78, 5) is 43.8. The van der Waals surface area contributed by atoms with Gasteiger partial charge in [0.15, 0.2) is 0 Å². The average molecular weight is 553 g/mol. The number of hydrogen-bond acceptors (Lipinski definition) is 7. The number of likely N-dealkylation sites (tertiary alicyclic amines) is 1. The third-order valence-electron chi connectivity index (χ3n) is 8.63. The number of nitrogens with one attached hydrogen (secondary N) is 1. The molecule has 0 bridgehead atoms. The van der Waals surface area contributed by atoms with Crippen LogP contribution in [0.4, 0.5) is 16.4 Å². The highest BCUT2D eigenvalue weighted by molar-refractivity contribution is 5.96. The Bertz CT molecular complexity index is 1510. The molecule has 1 N–H and O–H groups in total. The summed E-state index contributed by atoms with van der Waals surface area (Å²) >= 11 is 0. The van der Waals surface area contributed by atoms with E-state index in [1.54, 1.807) is 0 Å². The standard InChI is InChI=1S/C32H36N6O3/c1-31(2,3)41-30(40)36-24-9-13-37(18-24)28(39)22-6-7-25-27(15-22)38(19-32(25)10-11-32)29-34-16-23(17-35-29)26-14-21(8-12-33-26)20-4-5-20/h6-8,12,14-17,20,24H,4-5,9-11,13,18-19H2,1-3H3,(H,36,40)/t24-/m1/s1. The van der Waals surface area contributed by atoms with Crippen LogP contribution < -0.4 is 10.2 Å². The van der Waals surface area contributed by atoms with Crippen molar-refractivity contribution in [3.8, 4) is 11.3 Å². The van der Waals surface area contributed by atoms with Crippen molar-refractivity contribution in [2.24, 2.45) is 0 Å². The molecule has 212 valence electrons. The van der Waals surface area contributed by atoms with Crippen LogP contribution in [0.15, 0.2) is 48.9 Å². The third kappa shape index (κ3) is 5.13. The summed E-state index contributed by atoms with van der Waals surface area (Å²) in [5.74, 6) is 1.28. The summed E-state index contributed by atoms with van der Waals surface area (Å²) in [6, 6.07) is 10.2. The molecule has 2 aromatic heterocycles. The van der Waals surface area contributed by atoms with Crippen LogP contribution in [0, 0.1) is 0 Å². The molecule has 2 amide bonds. The minimum Gasteiger partial charge on any atom is -0.444 e. The van der Waals surface area contributed by atoms with Gasteiger partial charge in [-0.1, -0.05) is 6.07 Å². The van der Waals surface area contributed by atoms with Crippen LogP contribution in [0.1, 0.15) is 80.3 Å². The Labute approximate surface area is 240 Å². The fourth-order valence-electron chi connectivity index (χ4n) is 6.15. The van der Waals surface area contributed by atoms with Crippen LogP contribution in [0.3, 0.4) is 0 Å². The van der Waals surface area contributed by atoms with Gasteiger partial charge >= 0.3 is 6.09 Å². The van der Waals surface area contributed by atoms with E-state index in [1.165, 1.54) is 24.0 Å². The maximum atomic E-state index is 13.5. The summed E-state index contributed by atoms with van der Waals surface area (Å²) < 4.78 is 5.38. The molecule has 3 fully saturated rings. The fourth-order valence-corrected chi connectivity index (χ4v) is 6.15. The Morgan fingerprint density at radius 3 is 2.51 bits per heavy atom. The number of anilines is 2. The molecule has 9 nitrogen and oxygen atoms in total. The molecule has 2 aliphatic heterocycles. The minimum absolute atomic E-state index is 0.0316. The van der Waals surface area contributed by atoms with E-state index >= 15 is 0 Å². The third-order valence-corrected chi connectivity index (χ3v) is 8.63. The monoisotopic (exact) mass is 552 g/mol. The smallest absolute Gasteiger partial charge is 0.407 e. The van der Waals surface area contributed by atoms with Gasteiger partial charge in [0, 0.05) is 60.5 Å². The van der Waals surface area contributed by atoms with Crippen LogP contribution in [-0.2, 0) is 10.2 Å². The van der Waals surface area contributed by atoms with Gasteiger partial charge in [0.1, 0.15) is 5.60 Å². The number of pyridine rings is 1. The first kappa shape index (κ1) is 25.9. The van der Waals surface area contributed by atoms with Gasteiger partial charge in [0.2, 0.25) is 5.95 Å². The molecule has 1 saturated heterocycles. The number of carbonyl (C=O) groups excluding carboxylic acids is 2. The lowest BCUT2D eigenvalue weighted by Gasteiger charge is -2.22. The number of ether oxygens (including phenoxy) is 1. The minimum atomic E-state index is -0.560. The first-order valence-corrected chi connectivity index (χ1v) is 14.7. The number of amides is 2. The second-order valence-electron chi connectivity index (χ2n) is 13.0. The zero-order valence-electron chi connectivity index (χ0n) is 23.9. The molecule has 4 aliphatic rings. The van der Waals surface area contributed by atoms with Gasteiger partial charge in [0.25, 0.3) is 5.91 Å².